The van der Waals surface area contributed by atoms with Gasteiger partial charge < -0.3 is 4.98 Å². The molecule has 2 aromatic carbocycles. The second kappa shape index (κ2) is 5.25. The number of nitrogens with one attached hydrogen (secondary N) is 1. The average Bonchev–Trinajstić information content (AvgIpc) is 2.88. The summed E-state index contributed by atoms with van der Waals surface area (Å²) in [5.41, 5.74) is 3.42. The van der Waals surface area contributed by atoms with Crippen LogP contribution in [0.25, 0.3) is 11.0 Å². The van der Waals surface area contributed by atoms with Crippen LogP contribution in [-0.2, 0) is 12.8 Å². The topological polar surface area (TPSA) is 45.8 Å². The standard InChI is InChI=1S/C16H13FN2O/c17-13-5-1-11(2-6-13)4-8-16-18-14-7-3-12(10-20)9-15(14)19-16/h1-3,5-7,9-10H,4,8H2,(H,18,19). The van der Waals surface area contributed by atoms with Crippen molar-refractivity contribution in [2.24, 2.45) is 0 Å². The predicted octanol–water partition coefficient (Wildman–Crippen LogP) is 3.30. The number of nitrogens with zero attached hydrogens (tertiary/aromatic N) is 1. The van der Waals surface area contributed by atoms with Crippen molar-refractivity contribution in [3.8, 4) is 0 Å². The fraction of sp³-hybridized carbons (Fsp3) is 0.125. The van der Waals surface area contributed by atoms with Gasteiger partial charge in [-0.3, -0.25) is 4.79 Å². The zero-order chi connectivity index (χ0) is 13.9. The van der Waals surface area contributed by atoms with Gasteiger partial charge in [-0.05, 0) is 42.3 Å². The number of H-pyrrole nitrogens is 1. The lowest BCUT2D eigenvalue weighted by Gasteiger charge is -1.98. The first-order valence-corrected chi connectivity index (χ1v) is 6.43. The summed E-state index contributed by atoms with van der Waals surface area (Å²) < 4.78 is 12.8. The zero-order valence-corrected chi connectivity index (χ0v) is 10.8. The maximum absolute atomic E-state index is 12.8. The number of carbonyl (C=O) groups is 1. The number of hydrogen-bond acceptors (Lipinski definition) is 2. The summed E-state index contributed by atoms with van der Waals surface area (Å²) in [5.74, 6) is 0.645. The van der Waals surface area contributed by atoms with Crippen LogP contribution in [0.2, 0.25) is 0 Å². The van der Waals surface area contributed by atoms with Crippen molar-refractivity contribution in [1.29, 1.82) is 0 Å². The van der Waals surface area contributed by atoms with Crippen LogP contribution in [0.4, 0.5) is 4.39 Å². The molecule has 0 aliphatic heterocycles. The summed E-state index contributed by atoms with van der Waals surface area (Å²) in [6.45, 7) is 0. The Balaban J connectivity index is 1.77. The van der Waals surface area contributed by atoms with Crippen molar-refractivity contribution in [1.82, 2.24) is 9.97 Å². The third-order valence-corrected chi connectivity index (χ3v) is 3.25. The molecule has 0 saturated heterocycles. The van der Waals surface area contributed by atoms with Crippen LogP contribution in [0.5, 0.6) is 0 Å². The Labute approximate surface area is 115 Å². The average molecular weight is 268 g/mol. The number of halogens is 1. The fourth-order valence-electron chi connectivity index (χ4n) is 2.19. The number of hydrogen-bond donors (Lipinski definition) is 1. The molecule has 4 heteroatoms. The molecule has 20 heavy (non-hydrogen) atoms. The molecule has 0 unspecified atom stereocenters. The van der Waals surface area contributed by atoms with Crippen molar-refractivity contribution >= 4 is 17.3 Å². The van der Waals surface area contributed by atoms with Crippen LogP contribution >= 0.6 is 0 Å². The first-order chi connectivity index (χ1) is 9.74. The highest BCUT2D eigenvalue weighted by atomic mass is 19.1. The van der Waals surface area contributed by atoms with Gasteiger partial charge in [0.1, 0.15) is 17.9 Å². The number of benzene rings is 2. The highest BCUT2D eigenvalue weighted by Gasteiger charge is 2.04. The van der Waals surface area contributed by atoms with E-state index in [1.807, 2.05) is 6.07 Å². The number of aromatic nitrogens is 2. The molecule has 0 spiro atoms. The summed E-state index contributed by atoms with van der Waals surface area (Å²) in [6, 6.07) is 11.9. The SMILES string of the molecule is O=Cc1ccc2nc(CCc3ccc(F)cc3)[nH]c2c1. The third-order valence-electron chi connectivity index (χ3n) is 3.25. The smallest absolute Gasteiger partial charge is 0.150 e. The van der Waals surface area contributed by atoms with Gasteiger partial charge in [0.2, 0.25) is 0 Å². The molecule has 0 radical (unpaired) electrons. The number of aromatic amines is 1. The van der Waals surface area contributed by atoms with Crippen LogP contribution in [0.3, 0.4) is 0 Å². The monoisotopic (exact) mass is 268 g/mol. The Morgan fingerprint density at radius 3 is 2.65 bits per heavy atom. The first kappa shape index (κ1) is 12.5. The van der Waals surface area contributed by atoms with E-state index in [4.69, 9.17) is 0 Å². The molecule has 100 valence electrons. The number of rotatable bonds is 4. The van der Waals surface area contributed by atoms with E-state index >= 15 is 0 Å². The summed E-state index contributed by atoms with van der Waals surface area (Å²) in [5, 5.41) is 0. The van der Waals surface area contributed by atoms with E-state index in [0.717, 1.165) is 41.5 Å². The Morgan fingerprint density at radius 2 is 1.90 bits per heavy atom. The molecule has 3 rings (SSSR count). The molecule has 0 fully saturated rings. The number of aldehydes is 1. The fourth-order valence-corrected chi connectivity index (χ4v) is 2.19. The minimum Gasteiger partial charge on any atom is -0.342 e. The highest BCUT2D eigenvalue weighted by Crippen LogP contribution is 2.14. The summed E-state index contributed by atoms with van der Waals surface area (Å²) in [4.78, 5) is 18.4. The molecule has 0 saturated carbocycles. The summed E-state index contributed by atoms with van der Waals surface area (Å²) in [6.07, 6.45) is 2.36. The maximum Gasteiger partial charge on any atom is 0.150 e. The molecule has 1 aromatic heterocycles. The largest absolute Gasteiger partial charge is 0.342 e. The zero-order valence-electron chi connectivity index (χ0n) is 10.8. The quantitative estimate of drug-likeness (QED) is 0.738. The molecule has 0 atom stereocenters. The van der Waals surface area contributed by atoms with Crippen molar-refractivity contribution in [3.05, 3.63) is 65.2 Å². The van der Waals surface area contributed by atoms with Gasteiger partial charge in [0.25, 0.3) is 0 Å². The molecular weight excluding hydrogens is 255 g/mol. The molecule has 0 aliphatic carbocycles. The lowest BCUT2D eigenvalue weighted by atomic mass is 10.1. The summed E-state index contributed by atoms with van der Waals surface area (Å²) >= 11 is 0. The van der Waals surface area contributed by atoms with Gasteiger partial charge in [-0.15, -0.1) is 0 Å². The van der Waals surface area contributed by atoms with E-state index in [1.54, 1.807) is 24.3 Å². The Morgan fingerprint density at radius 1 is 1.10 bits per heavy atom. The number of fused-ring (bicyclic) bond motifs is 1. The van der Waals surface area contributed by atoms with Crippen molar-refractivity contribution < 1.29 is 9.18 Å². The van der Waals surface area contributed by atoms with Crippen LogP contribution in [0.15, 0.2) is 42.5 Å². The van der Waals surface area contributed by atoms with Crippen molar-refractivity contribution in [3.63, 3.8) is 0 Å². The Kier molecular flexibility index (Phi) is 3.29. The van der Waals surface area contributed by atoms with Gasteiger partial charge in [-0.2, -0.15) is 0 Å². The van der Waals surface area contributed by atoms with Crippen LogP contribution in [0.1, 0.15) is 21.7 Å². The number of aryl methyl sites for hydroxylation is 2. The second-order valence-electron chi connectivity index (χ2n) is 4.70. The number of carbonyl (C=O) groups excluding carboxylic acids is 1. The van der Waals surface area contributed by atoms with Crippen LogP contribution in [0, 0.1) is 5.82 Å². The predicted molar refractivity (Wildman–Crippen MR) is 75.3 cm³/mol. The van der Waals surface area contributed by atoms with E-state index in [9.17, 15) is 9.18 Å². The van der Waals surface area contributed by atoms with Gasteiger partial charge in [0, 0.05) is 12.0 Å². The minimum atomic E-state index is -0.223. The minimum absolute atomic E-state index is 0.223. The Hall–Kier alpha value is -2.49. The molecule has 3 aromatic rings. The van der Waals surface area contributed by atoms with Gasteiger partial charge in [-0.25, -0.2) is 9.37 Å². The molecule has 0 aliphatic rings. The van der Waals surface area contributed by atoms with Crippen molar-refractivity contribution in [2.45, 2.75) is 12.8 Å². The normalized spacial score (nSPS) is 10.8. The maximum atomic E-state index is 12.8. The van der Waals surface area contributed by atoms with Crippen LogP contribution < -0.4 is 0 Å². The van der Waals surface area contributed by atoms with E-state index < -0.39 is 0 Å². The van der Waals surface area contributed by atoms with E-state index in [2.05, 4.69) is 9.97 Å². The van der Waals surface area contributed by atoms with E-state index in [1.165, 1.54) is 12.1 Å². The molecule has 0 amide bonds. The van der Waals surface area contributed by atoms with Crippen molar-refractivity contribution in [2.75, 3.05) is 0 Å². The molecule has 0 bridgehead atoms. The van der Waals surface area contributed by atoms with Gasteiger partial charge in [-0.1, -0.05) is 12.1 Å². The molecular formula is C16H13FN2O. The highest BCUT2D eigenvalue weighted by molar-refractivity contribution is 5.84. The lowest BCUT2D eigenvalue weighted by Crippen LogP contribution is -1.93. The molecule has 1 heterocycles. The van der Waals surface area contributed by atoms with E-state index in [-0.39, 0.29) is 5.82 Å². The van der Waals surface area contributed by atoms with Gasteiger partial charge >= 0.3 is 0 Å². The molecule has 3 nitrogen and oxygen atoms in total. The van der Waals surface area contributed by atoms with Gasteiger partial charge in [0.15, 0.2) is 0 Å². The Bertz CT molecular complexity index is 747. The lowest BCUT2D eigenvalue weighted by molar-refractivity contribution is 0.112. The van der Waals surface area contributed by atoms with Crippen LogP contribution in [-0.4, -0.2) is 16.3 Å². The molecule has 1 N–H and O–H groups in total. The van der Waals surface area contributed by atoms with Gasteiger partial charge in [0.05, 0.1) is 11.0 Å². The second-order valence-corrected chi connectivity index (χ2v) is 4.70. The number of imidazole rings is 1. The first-order valence-electron chi connectivity index (χ1n) is 6.43. The summed E-state index contributed by atoms with van der Waals surface area (Å²) in [7, 11) is 0. The van der Waals surface area contributed by atoms with E-state index in [0.29, 0.717) is 5.56 Å². The third kappa shape index (κ3) is 2.59.